The van der Waals surface area contributed by atoms with Gasteiger partial charge in [-0.2, -0.15) is 0 Å². The molecule has 2 rings (SSSR count). The van der Waals surface area contributed by atoms with Gasteiger partial charge < -0.3 is 5.11 Å². The van der Waals surface area contributed by atoms with Crippen LogP contribution in [0.15, 0.2) is 42.0 Å². The van der Waals surface area contributed by atoms with Crippen LogP contribution in [-0.4, -0.2) is 17.0 Å². The minimum Gasteiger partial charge on any atom is -0.385 e. The Labute approximate surface area is 115 Å². The first-order valence-electron chi connectivity index (χ1n) is 7.16. The van der Waals surface area contributed by atoms with Gasteiger partial charge in [0.05, 0.1) is 0 Å². The number of carbonyl (C=O) groups excluding carboxylic acids is 1. The van der Waals surface area contributed by atoms with Crippen LogP contribution in [0, 0.1) is 5.92 Å². The highest BCUT2D eigenvalue weighted by atomic mass is 16.3. The molecule has 1 aliphatic rings. The lowest BCUT2D eigenvalue weighted by molar-refractivity contribution is 0.0745. The van der Waals surface area contributed by atoms with Crippen molar-refractivity contribution in [1.82, 2.24) is 0 Å². The van der Waals surface area contributed by atoms with Crippen molar-refractivity contribution in [3.8, 4) is 0 Å². The van der Waals surface area contributed by atoms with E-state index in [-0.39, 0.29) is 5.78 Å². The number of rotatable bonds is 5. The van der Waals surface area contributed by atoms with Gasteiger partial charge in [-0.05, 0) is 25.2 Å². The van der Waals surface area contributed by atoms with E-state index in [4.69, 9.17) is 0 Å². The second kappa shape index (κ2) is 6.67. The van der Waals surface area contributed by atoms with E-state index in [0.29, 0.717) is 12.0 Å². The number of aliphatic hydroxyl groups is 1. The number of carbonyl (C=O) groups is 1. The number of aliphatic hydroxyl groups excluding tert-OH is 1. The fourth-order valence-electron chi connectivity index (χ4n) is 2.63. The molecule has 0 aromatic heterocycles. The molecule has 0 heterocycles. The van der Waals surface area contributed by atoms with Crippen LogP contribution in [0.1, 0.15) is 49.4 Å². The van der Waals surface area contributed by atoms with Crippen LogP contribution in [0.4, 0.5) is 0 Å². The van der Waals surface area contributed by atoms with Crippen LogP contribution in [-0.2, 0) is 0 Å². The molecule has 0 unspecified atom stereocenters. The molecule has 19 heavy (non-hydrogen) atoms. The summed E-state index contributed by atoms with van der Waals surface area (Å²) in [6.07, 6.45) is 6.34. The zero-order chi connectivity index (χ0) is 13.7. The first-order valence-corrected chi connectivity index (χ1v) is 7.16. The Morgan fingerprint density at radius 1 is 1.37 bits per heavy atom. The predicted molar refractivity (Wildman–Crippen MR) is 77.1 cm³/mol. The second-order valence-corrected chi connectivity index (χ2v) is 5.36. The molecule has 0 radical (unpaired) electrons. The van der Waals surface area contributed by atoms with E-state index < -0.39 is 6.10 Å². The van der Waals surface area contributed by atoms with Gasteiger partial charge in [0, 0.05) is 12.0 Å². The average molecular weight is 258 g/mol. The molecule has 2 atom stereocenters. The number of benzene rings is 1. The molecule has 2 nitrogen and oxygen atoms in total. The molecule has 102 valence electrons. The van der Waals surface area contributed by atoms with Crippen molar-refractivity contribution < 1.29 is 9.90 Å². The van der Waals surface area contributed by atoms with Crippen molar-refractivity contribution in [3.63, 3.8) is 0 Å². The van der Waals surface area contributed by atoms with E-state index in [1.54, 1.807) is 12.1 Å². The van der Waals surface area contributed by atoms with Crippen LogP contribution >= 0.6 is 0 Å². The number of Topliss-reactive ketones (excluding diaryl/α,β-unsaturated/α-hetero) is 1. The Bertz CT molecular complexity index is 448. The lowest BCUT2D eigenvalue weighted by Gasteiger charge is -2.21. The maximum absolute atomic E-state index is 12.1. The zero-order valence-electron chi connectivity index (χ0n) is 11.5. The summed E-state index contributed by atoms with van der Waals surface area (Å²) in [6.45, 7) is 2.22. The fraction of sp³-hybridized carbons (Fsp3) is 0.471. The standard InChI is InChI=1S/C17H22O2/c1-2-13-8-10-14(11-9-13)12-16(18)17(19)15-6-4-3-5-7-15/h3-7,10,13,16,18H,2,8-9,11-12H2,1H3/t13-,16+/m1/s1. The Kier molecular flexibility index (Phi) is 4.92. The van der Waals surface area contributed by atoms with Gasteiger partial charge in [-0.15, -0.1) is 0 Å². The Hall–Kier alpha value is -1.41. The maximum atomic E-state index is 12.1. The van der Waals surface area contributed by atoms with Gasteiger partial charge in [0.2, 0.25) is 0 Å². The Morgan fingerprint density at radius 3 is 2.68 bits per heavy atom. The second-order valence-electron chi connectivity index (χ2n) is 5.36. The third-order valence-electron chi connectivity index (χ3n) is 4.01. The van der Waals surface area contributed by atoms with E-state index in [0.717, 1.165) is 18.8 Å². The molecule has 1 aliphatic carbocycles. The van der Waals surface area contributed by atoms with Gasteiger partial charge in [0.15, 0.2) is 5.78 Å². The molecular formula is C17H22O2. The highest BCUT2D eigenvalue weighted by Gasteiger charge is 2.20. The highest BCUT2D eigenvalue weighted by Crippen LogP contribution is 2.28. The lowest BCUT2D eigenvalue weighted by atomic mass is 9.85. The third kappa shape index (κ3) is 3.77. The minimum atomic E-state index is -0.896. The average Bonchev–Trinajstić information content (AvgIpc) is 2.48. The van der Waals surface area contributed by atoms with Crippen LogP contribution in [0.25, 0.3) is 0 Å². The number of hydrogen-bond donors (Lipinski definition) is 1. The van der Waals surface area contributed by atoms with Gasteiger partial charge in [0.1, 0.15) is 6.10 Å². The molecule has 0 spiro atoms. The van der Waals surface area contributed by atoms with Crippen LogP contribution in [0.2, 0.25) is 0 Å². The minimum absolute atomic E-state index is 0.167. The molecule has 0 bridgehead atoms. The summed E-state index contributed by atoms with van der Waals surface area (Å²) >= 11 is 0. The molecule has 0 saturated heterocycles. The van der Waals surface area contributed by atoms with E-state index in [9.17, 15) is 9.90 Å². The Morgan fingerprint density at radius 2 is 2.11 bits per heavy atom. The van der Waals surface area contributed by atoms with Gasteiger partial charge in [-0.1, -0.05) is 55.3 Å². The van der Waals surface area contributed by atoms with Gasteiger partial charge in [0.25, 0.3) is 0 Å². The van der Waals surface area contributed by atoms with Crippen molar-refractivity contribution in [1.29, 1.82) is 0 Å². The summed E-state index contributed by atoms with van der Waals surface area (Å²) in [5.74, 6) is 0.616. The molecule has 2 heteroatoms. The molecule has 1 N–H and O–H groups in total. The summed E-state index contributed by atoms with van der Waals surface area (Å²) in [5.41, 5.74) is 1.83. The topological polar surface area (TPSA) is 37.3 Å². The van der Waals surface area contributed by atoms with Crippen molar-refractivity contribution in [2.24, 2.45) is 5.92 Å². The molecular weight excluding hydrogens is 236 g/mol. The number of ketones is 1. The first-order chi connectivity index (χ1) is 9.20. The quantitative estimate of drug-likeness (QED) is 0.645. The van der Waals surface area contributed by atoms with Crippen molar-refractivity contribution in [2.75, 3.05) is 0 Å². The summed E-state index contributed by atoms with van der Waals surface area (Å²) < 4.78 is 0. The SMILES string of the molecule is CC[C@@H]1CC=C(C[C@H](O)C(=O)c2ccccc2)CC1. The van der Waals surface area contributed by atoms with Gasteiger partial charge >= 0.3 is 0 Å². The summed E-state index contributed by atoms with van der Waals surface area (Å²) in [4.78, 5) is 12.1. The lowest BCUT2D eigenvalue weighted by Crippen LogP contribution is -2.22. The Balaban J connectivity index is 1.93. The predicted octanol–water partition coefficient (Wildman–Crippen LogP) is 3.76. The van der Waals surface area contributed by atoms with Crippen molar-refractivity contribution >= 4 is 5.78 Å². The van der Waals surface area contributed by atoms with Gasteiger partial charge in [-0.3, -0.25) is 4.79 Å². The fourth-order valence-corrected chi connectivity index (χ4v) is 2.63. The molecule has 0 saturated carbocycles. The molecule has 1 aromatic carbocycles. The number of allylic oxidation sites excluding steroid dienone is 1. The molecule has 0 amide bonds. The molecule has 1 aromatic rings. The summed E-state index contributed by atoms with van der Waals surface area (Å²) in [5, 5.41) is 10.1. The van der Waals surface area contributed by atoms with Crippen LogP contribution in [0.5, 0.6) is 0 Å². The first kappa shape index (κ1) is 14.0. The molecule has 0 fully saturated rings. The van der Waals surface area contributed by atoms with Crippen molar-refractivity contribution in [3.05, 3.63) is 47.5 Å². The van der Waals surface area contributed by atoms with E-state index in [1.807, 2.05) is 18.2 Å². The zero-order valence-corrected chi connectivity index (χ0v) is 11.5. The normalized spacial score (nSPS) is 20.7. The summed E-state index contributed by atoms with van der Waals surface area (Å²) in [6, 6.07) is 9.04. The van der Waals surface area contributed by atoms with E-state index in [2.05, 4.69) is 13.0 Å². The van der Waals surface area contributed by atoms with E-state index in [1.165, 1.54) is 18.4 Å². The van der Waals surface area contributed by atoms with Crippen molar-refractivity contribution in [2.45, 2.75) is 45.1 Å². The van der Waals surface area contributed by atoms with E-state index >= 15 is 0 Å². The highest BCUT2D eigenvalue weighted by molar-refractivity contribution is 5.99. The van der Waals surface area contributed by atoms with Crippen LogP contribution < -0.4 is 0 Å². The monoisotopic (exact) mass is 258 g/mol. The number of hydrogen-bond acceptors (Lipinski definition) is 2. The smallest absolute Gasteiger partial charge is 0.191 e. The van der Waals surface area contributed by atoms with Crippen LogP contribution in [0.3, 0.4) is 0 Å². The third-order valence-corrected chi connectivity index (χ3v) is 4.01. The summed E-state index contributed by atoms with van der Waals surface area (Å²) in [7, 11) is 0. The van der Waals surface area contributed by atoms with Gasteiger partial charge in [-0.25, -0.2) is 0 Å². The maximum Gasteiger partial charge on any atom is 0.191 e. The molecule has 0 aliphatic heterocycles. The largest absolute Gasteiger partial charge is 0.385 e.